The van der Waals surface area contributed by atoms with Crippen molar-refractivity contribution in [2.45, 2.75) is 20.8 Å². The van der Waals surface area contributed by atoms with Crippen molar-refractivity contribution in [2.24, 2.45) is 11.8 Å². The molecule has 0 radical (unpaired) electrons. The highest BCUT2D eigenvalue weighted by atomic mass is 16.5. The Kier molecular flexibility index (Phi) is 7.55. The first-order valence-corrected chi connectivity index (χ1v) is 6.15. The van der Waals surface area contributed by atoms with Gasteiger partial charge in [-0.15, -0.1) is 0 Å². The van der Waals surface area contributed by atoms with Crippen molar-refractivity contribution in [3.8, 4) is 0 Å². The van der Waals surface area contributed by atoms with Crippen LogP contribution in [0.5, 0.6) is 0 Å². The van der Waals surface area contributed by atoms with Gasteiger partial charge in [0.2, 0.25) is 0 Å². The average molecular weight is 274 g/mol. The van der Waals surface area contributed by atoms with Gasteiger partial charge in [-0.05, 0) is 12.8 Å². The van der Waals surface area contributed by atoms with E-state index in [1.54, 1.807) is 20.8 Å². The molecule has 7 heteroatoms. The molecule has 2 amide bonds. The van der Waals surface area contributed by atoms with Gasteiger partial charge in [0.15, 0.2) is 0 Å². The summed E-state index contributed by atoms with van der Waals surface area (Å²) in [6, 6.07) is -0.472. The van der Waals surface area contributed by atoms with Gasteiger partial charge >= 0.3 is 18.0 Å². The van der Waals surface area contributed by atoms with E-state index in [1.165, 1.54) is 12.0 Å². The normalized spacial score (nSPS) is 11.8. The van der Waals surface area contributed by atoms with Crippen LogP contribution < -0.4 is 5.32 Å². The van der Waals surface area contributed by atoms with Crippen molar-refractivity contribution in [1.82, 2.24) is 10.2 Å². The molecule has 2 N–H and O–H groups in total. The molecule has 110 valence electrons. The molecule has 19 heavy (non-hydrogen) atoms. The van der Waals surface area contributed by atoms with E-state index in [1.807, 2.05) is 0 Å². The summed E-state index contributed by atoms with van der Waals surface area (Å²) < 4.78 is 4.48. The molecule has 0 saturated carbocycles. The lowest BCUT2D eigenvalue weighted by Crippen LogP contribution is -2.45. The summed E-state index contributed by atoms with van der Waals surface area (Å²) in [7, 11) is 1.24. The first kappa shape index (κ1) is 17.2. The number of rotatable bonds is 7. The van der Waals surface area contributed by atoms with E-state index in [4.69, 9.17) is 5.11 Å². The van der Waals surface area contributed by atoms with Gasteiger partial charge in [-0.3, -0.25) is 9.59 Å². The summed E-state index contributed by atoms with van der Waals surface area (Å²) in [5.74, 6) is -2.21. The second-order valence-electron chi connectivity index (χ2n) is 4.47. The largest absolute Gasteiger partial charge is 0.481 e. The van der Waals surface area contributed by atoms with E-state index in [0.29, 0.717) is 6.54 Å². The van der Waals surface area contributed by atoms with Gasteiger partial charge in [0.05, 0.1) is 13.0 Å². The second-order valence-corrected chi connectivity index (χ2v) is 4.47. The van der Waals surface area contributed by atoms with E-state index in [2.05, 4.69) is 10.1 Å². The lowest BCUT2D eigenvalue weighted by Gasteiger charge is -2.22. The topological polar surface area (TPSA) is 95.9 Å². The Morgan fingerprint density at radius 1 is 1.32 bits per heavy atom. The molecule has 0 bridgehead atoms. The number of urea groups is 1. The van der Waals surface area contributed by atoms with Crippen LogP contribution in [-0.4, -0.2) is 54.7 Å². The molecule has 0 aliphatic heterocycles. The number of hydrogen-bond acceptors (Lipinski definition) is 4. The Labute approximate surface area is 112 Å². The number of likely N-dealkylation sites (N-methyl/N-ethyl adjacent to an activating group) is 1. The summed E-state index contributed by atoms with van der Waals surface area (Å²) in [5.41, 5.74) is 0. The second kappa shape index (κ2) is 8.34. The standard InChI is InChI=1S/C12H22N2O5/c1-5-14(7-10(15)19-4)12(18)13-6-9(8(2)3)11(16)17/h8-9H,5-7H2,1-4H3,(H,13,18)(H,16,17). The number of esters is 1. The number of carbonyl (C=O) groups excluding carboxylic acids is 2. The third kappa shape index (κ3) is 6.08. The van der Waals surface area contributed by atoms with Crippen LogP contribution in [0.25, 0.3) is 0 Å². The molecule has 0 saturated heterocycles. The molecule has 0 heterocycles. The molecule has 0 aliphatic carbocycles. The quantitative estimate of drug-likeness (QED) is 0.661. The summed E-state index contributed by atoms with van der Waals surface area (Å²) in [6.45, 7) is 5.48. The lowest BCUT2D eigenvalue weighted by molar-refractivity contribution is -0.143. The van der Waals surface area contributed by atoms with Crippen molar-refractivity contribution in [2.75, 3.05) is 26.7 Å². The number of nitrogens with zero attached hydrogens (tertiary/aromatic N) is 1. The van der Waals surface area contributed by atoms with Gasteiger partial charge < -0.3 is 20.1 Å². The van der Waals surface area contributed by atoms with Gasteiger partial charge in [-0.1, -0.05) is 13.8 Å². The maximum Gasteiger partial charge on any atom is 0.325 e. The Balaban J connectivity index is 4.41. The number of carboxylic acids is 1. The minimum atomic E-state index is -0.952. The maximum atomic E-state index is 11.8. The third-order valence-electron chi connectivity index (χ3n) is 2.81. The molecule has 0 aromatic heterocycles. The number of nitrogens with one attached hydrogen (secondary N) is 1. The fraction of sp³-hybridized carbons (Fsp3) is 0.750. The zero-order chi connectivity index (χ0) is 15.0. The van der Waals surface area contributed by atoms with Gasteiger partial charge in [-0.25, -0.2) is 4.79 Å². The number of methoxy groups -OCH3 is 1. The molecular weight excluding hydrogens is 252 g/mol. The summed E-state index contributed by atoms with van der Waals surface area (Å²) >= 11 is 0. The van der Waals surface area contributed by atoms with Crippen LogP contribution in [-0.2, 0) is 14.3 Å². The van der Waals surface area contributed by atoms with E-state index >= 15 is 0 Å². The van der Waals surface area contributed by atoms with Crippen molar-refractivity contribution in [3.63, 3.8) is 0 Å². The van der Waals surface area contributed by atoms with Crippen LogP contribution in [0.1, 0.15) is 20.8 Å². The summed E-state index contributed by atoms with van der Waals surface area (Å²) in [6.07, 6.45) is 0. The molecule has 1 unspecified atom stereocenters. The summed E-state index contributed by atoms with van der Waals surface area (Å²) in [5, 5.41) is 11.5. The predicted octanol–water partition coefficient (Wildman–Crippen LogP) is 0.548. The van der Waals surface area contributed by atoms with Gasteiger partial charge in [-0.2, -0.15) is 0 Å². The number of carboxylic acid groups (broad SMARTS) is 1. The highest BCUT2D eigenvalue weighted by Crippen LogP contribution is 2.09. The smallest absolute Gasteiger partial charge is 0.325 e. The van der Waals surface area contributed by atoms with Crippen molar-refractivity contribution in [3.05, 3.63) is 0 Å². The predicted molar refractivity (Wildman–Crippen MR) is 68.6 cm³/mol. The van der Waals surface area contributed by atoms with Crippen LogP contribution in [0.4, 0.5) is 4.79 Å². The zero-order valence-electron chi connectivity index (χ0n) is 11.8. The molecule has 0 fully saturated rings. The van der Waals surface area contributed by atoms with Gasteiger partial charge in [0, 0.05) is 13.1 Å². The van der Waals surface area contributed by atoms with E-state index in [-0.39, 0.29) is 19.0 Å². The molecular formula is C12H22N2O5. The monoisotopic (exact) mass is 274 g/mol. The van der Waals surface area contributed by atoms with Crippen LogP contribution >= 0.6 is 0 Å². The molecule has 1 atom stereocenters. The first-order chi connectivity index (χ1) is 8.83. The minimum Gasteiger partial charge on any atom is -0.481 e. The zero-order valence-corrected chi connectivity index (χ0v) is 11.8. The average Bonchev–Trinajstić information content (AvgIpc) is 2.34. The highest BCUT2D eigenvalue weighted by Gasteiger charge is 2.23. The Hall–Kier alpha value is -1.79. The SMILES string of the molecule is CCN(CC(=O)OC)C(=O)NCC(C(=O)O)C(C)C. The number of carbonyl (C=O) groups is 3. The lowest BCUT2D eigenvalue weighted by atomic mass is 9.96. The van der Waals surface area contributed by atoms with E-state index in [9.17, 15) is 14.4 Å². The van der Waals surface area contributed by atoms with Crippen molar-refractivity contribution < 1.29 is 24.2 Å². The van der Waals surface area contributed by atoms with E-state index < -0.39 is 23.9 Å². The van der Waals surface area contributed by atoms with Gasteiger partial charge in [0.25, 0.3) is 0 Å². The molecule has 0 spiro atoms. The Bertz CT molecular complexity index is 330. The molecule has 0 aromatic carbocycles. The van der Waals surface area contributed by atoms with E-state index in [0.717, 1.165) is 0 Å². The molecule has 0 aliphatic rings. The van der Waals surface area contributed by atoms with Crippen molar-refractivity contribution in [1.29, 1.82) is 0 Å². The third-order valence-corrected chi connectivity index (χ3v) is 2.81. The van der Waals surface area contributed by atoms with Crippen LogP contribution in [0.15, 0.2) is 0 Å². The van der Waals surface area contributed by atoms with Gasteiger partial charge in [0.1, 0.15) is 6.54 Å². The van der Waals surface area contributed by atoms with Crippen LogP contribution in [0, 0.1) is 11.8 Å². The number of aliphatic carboxylic acids is 1. The fourth-order valence-corrected chi connectivity index (χ4v) is 1.46. The van der Waals surface area contributed by atoms with Crippen LogP contribution in [0.2, 0.25) is 0 Å². The molecule has 7 nitrogen and oxygen atoms in total. The first-order valence-electron chi connectivity index (χ1n) is 6.15. The fourth-order valence-electron chi connectivity index (χ4n) is 1.46. The van der Waals surface area contributed by atoms with Crippen molar-refractivity contribution >= 4 is 18.0 Å². The number of ether oxygens (including phenoxy) is 1. The maximum absolute atomic E-state index is 11.8. The Morgan fingerprint density at radius 3 is 2.26 bits per heavy atom. The molecule has 0 aromatic rings. The Morgan fingerprint density at radius 2 is 1.89 bits per heavy atom. The minimum absolute atomic E-state index is 0.0313. The number of hydrogen-bond donors (Lipinski definition) is 2. The summed E-state index contributed by atoms with van der Waals surface area (Å²) in [4.78, 5) is 35.1. The number of amides is 2. The van der Waals surface area contributed by atoms with Crippen LogP contribution in [0.3, 0.4) is 0 Å². The molecule has 0 rings (SSSR count). The highest BCUT2D eigenvalue weighted by molar-refractivity contribution is 5.81.